The third-order valence-corrected chi connectivity index (χ3v) is 6.48. The van der Waals surface area contributed by atoms with Crippen molar-refractivity contribution in [1.29, 1.82) is 0 Å². The van der Waals surface area contributed by atoms with Gasteiger partial charge in [-0.25, -0.2) is 0 Å². The molecule has 10 heteroatoms. The summed E-state index contributed by atoms with van der Waals surface area (Å²) in [7, 11) is -1.51. The number of sulfonamides is 1. The van der Waals surface area contributed by atoms with Crippen LogP contribution in [0.15, 0.2) is 62.7 Å². The maximum Gasteiger partial charge on any atom is 0.313 e. The molecular weight excluding hydrogens is 430 g/mol. The van der Waals surface area contributed by atoms with Crippen molar-refractivity contribution in [1.82, 2.24) is 0 Å². The highest BCUT2D eigenvalue weighted by molar-refractivity contribution is 8.04. The fourth-order valence-electron chi connectivity index (χ4n) is 2.79. The largest absolute Gasteiger partial charge is 0.497 e. The smallest absolute Gasteiger partial charge is 0.313 e. The Hall–Kier alpha value is -3.11. The fraction of sp³-hybridized carbons (Fsp3) is 0.150. The van der Waals surface area contributed by atoms with E-state index < -0.39 is 16.0 Å². The molecule has 2 aromatic rings. The summed E-state index contributed by atoms with van der Waals surface area (Å²) in [4.78, 5) is 23.5. The summed E-state index contributed by atoms with van der Waals surface area (Å²) in [5.41, 5.74) is 0.620. The molecule has 30 heavy (non-hydrogen) atoms. The Morgan fingerprint density at radius 2 is 1.80 bits per heavy atom. The first-order chi connectivity index (χ1) is 14.3. The lowest BCUT2D eigenvalue weighted by molar-refractivity contribution is -0.133. The van der Waals surface area contributed by atoms with E-state index in [9.17, 15) is 18.0 Å². The molecule has 156 valence electrons. The molecule has 1 N–H and O–H groups in total. The second-order valence-corrected chi connectivity index (χ2v) is 8.62. The third-order valence-electron chi connectivity index (χ3n) is 4.16. The summed E-state index contributed by atoms with van der Waals surface area (Å²) in [5, 5.41) is 8.92. The van der Waals surface area contributed by atoms with Gasteiger partial charge in [0.05, 0.1) is 30.6 Å². The molecule has 0 amide bonds. The monoisotopic (exact) mass is 447 g/mol. The number of thioether (sulfide) groups is 1. The number of methoxy groups -OCH3 is 2. The van der Waals surface area contributed by atoms with E-state index in [1.165, 1.54) is 32.4 Å². The molecule has 0 aliphatic heterocycles. The van der Waals surface area contributed by atoms with Gasteiger partial charge in [0.15, 0.2) is 5.78 Å². The molecular formula is C20H17NO7S2. The van der Waals surface area contributed by atoms with E-state index in [2.05, 4.69) is 4.40 Å². The Morgan fingerprint density at radius 3 is 2.43 bits per heavy atom. The van der Waals surface area contributed by atoms with Gasteiger partial charge in [-0.2, -0.15) is 12.8 Å². The van der Waals surface area contributed by atoms with Crippen LogP contribution in [0, 0.1) is 0 Å². The molecule has 0 fully saturated rings. The highest BCUT2D eigenvalue weighted by atomic mass is 32.2. The molecule has 0 heterocycles. The molecule has 3 rings (SSSR count). The molecule has 1 aliphatic carbocycles. The Labute approximate surface area is 177 Å². The first-order valence-electron chi connectivity index (χ1n) is 8.54. The van der Waals surface area contributed by atoms with Gasteiger partial charge in [0.2, 0.25) is 0 Å². The SMILES string of the molecule is COc1ccc(OC)c(S(=O)(=O)/N=C2/C=C(SCC(=O)O)C(=O)c3ccccc32)c1. The molecule has 0 spiro atoms. The zero-order valence-electron chi connectivity index (χ0n) is 16.0. The maximum absolute atomic E-state index is 13.1. The average molecular weight is 447 g/mol. The van der Waals surface area contributed by atoms with Gasteiger partial charge >= 0.3 is 5.97 Å². The van der Waals surface area contributed by atoms with E-state index in [4.69, 9.17) is 14.6 Å². The van der Waals surface area contributed by atoms with Gasteiger partial charge in [-0.1, -0.05) is 24.3 Å². The van der Waals surface area contributed by atoms with Gasteiger partial charge in [0, 0.05) is 17.2 Å². The first-order valence-corrected chi connectivity index (χ1v) is 11.0. The van der Waals surface area contributed by atoms with Gasteiger partial charge in [0.25, 0.3) is 10.0 Å². The number of rotatable bonds is 7. The third kappa shape index (κ3) is 4.39. The topological polar surface area (TPSA) is 119 Å². The number of nitrogens with zero attached hydrogens (tertiary/aromatic N) is 1. The number of allylic oxidation sites excluding steroid dienone is 2. The van der Waals surface area contributed by atoms with E-state index >= 15 is 0 Å². The lowest BCUT2D eigenvalue weighted by Gasteiger charge is -2.17. The zero-order chi connectivity index (χ0) is 21.9. The quantitative estimate of drug-likeness (QED) is 0.688. The highest BCUT2D eigenvalue weighted by Gasteiger charge is 2.28. The number of aliphatic carboxylic acids is 1. The molecule has 0 unspecified atom stereocenters. The highest BCUT2D eigenvalue weighted by Crippen LogP contribution is 2.32. The standard InChI is InChI=1S/C20H17NO7S2/c1-27-12-7-8-16(28-2)18(9-12)30(25,26)21-15-10-17(29-11-19(22)23)20(24)14-6-4-3-5-13(14)15/h3-10H,11H2,1-2H3,(H,22,23)/b21-15-. The van der Waals surface area contributed by atoms with Crippen LogP contribution in [0.5, 0.6) is 11.5 Å². The van der Waals surface area contributed by atoms with Crippen molar-refractivity contribution in [2.75, 3.05) is 20.0 Å². The van der Waals surface area contributed by atoms with Crippen LogP contribution in [0.3, 0.4) is 0 Å². The average Bonchev–Trinajstić information content (AvgIpc) is 2.74. The Balaban J connectivity index is 2.16. The minimum Gasteiger partial charge on any atom is -0.497 e. The van der Waals surface area contributed by atoms with Gasteiger partial charge in [0.1, 0.15) is 16.4 Å². The van der Waals surface area contributed by atoms with Crippen molar-refractivity contribution < 1.29 is 32.6 Å². The van der Waals surface area contributed by atoms with Gasteiger partial charge in [-0.15, -0.1) is 11.8 Å². The van der Waals surface area contributed by atoms with Crippen LogP contribution in [-0.2, 0) is 14.8 Å². The molecule has 1 aliphatic rings. The van der Waals surface area contributed by atoms with Crippen molar-refractivity contribution in [2.24, 2.45) is 4.40 Å². The second-order valence-electron chi connectivity index (χ2n) is 6.03. The maximum atomic E-state index is 13.1. The van der Waals surface area contributed by atoms with Crippen LogP contribution < -0.4 is 9.47 Å². The number of carboxylic acid groups (broad SMARTS) is 1. The summed E-state index contributed by atoms with van der Waals surface area (Å²) >= 11 is 0.808. The van der Waals surface area contributed by atoms with Crippen molar-refractivity contribution in [3.8, 4) is 11.5 Å². The number of hydrogen-bond acceptors (Lipinski definition) is 7. The number of benzene rings is 2. The molecule has 0 radical (unpaired) electrons. The van der Waals surface area contributed by atoms with Gasteiger partial charge < -0.3 is 14.6 Å². The summed E-state index contributed by atoms with van der Waals surface area (Å²) < 4.78 is 40.3. The summed E-state index contributed by atoms with van der Waals surface area (Å²) in [6, 6.07) is 10.7. The summed E-state index contributed by atoms with van der Waals surface area (Å²) in [6.45, 7) is 0. The van der Waals surface area contributed by atoms with Crippen LogP contribution in [0.4, 0.5) is 0 Å². The number of Topliss-reactive ketones (excluding diaryl/α,β-unsaturated/α-hetero) is 1. The predicted octanol–water partition coefficient (Wildman–Crippen LogP) is 2.78. The molecule has 0 saturated heterocycles. The normalized spacial score (nSPS) is 14.8. The fourth-order valence-corrected chi connectivity index (χ4v) is 4.69. The molecule has 0 aromatic heterocycles. The first kappa shape index (κ1) is 21.6. The summed E-state index contributed by atoms with van der Waals surface area (Å²) in [6.07, 6.45) is 1.29. The number of carbonyl (C=O) groups is 2. The van der Waals surface area contributed by atoms with Crippen LogP contribution in [0.2, 0.25) is 0 Å². The molecule has 0 bridgehead atoms. The van der Waals surface area contributed by atoms with Gasteiger partial charge in [-0.05, 0) is 18.2 Å². The number of carbonyl (C=O) groups excluding carboxylic acids is 1. The van der Waals surface area contributed by atoms with Crippen LogP contribution >= 0.6 is 11.8 Å². The lowest BCUT2D eigenvalue weighted by Crippen LogP contribution is -2.18. The van der Waals surface area contributed by atoms with Crippen molar-refractivity contribution >= 4 is 39.2 Å². The number of ether oxygens (including phenoxy) is 2. The second kappa shape index (κ2) is 8.72. The Bertz CT molecular complexity index is 1180. The zero-order valence-corrected chi connectivity index (χ0v) is 17.6. The Morgan fingerprint density at radius 1 is 1.10 bits per heavy atom. The van der Waals surface area contributed by atoms with Crippen molar-refractivity contribution in [3.63, 3.8) is 0 Å². The molecule has 0 saturated carbocycles. The van der Waals surface area contributed by atoms with E-state index in [1.807, 2.05) is 0 Å². The molecule has 8 nitrogen and oxygen atoms in total. The number of hydrogen-bond donors (Lipinski definition) is 1. The minimum atomic E-state index is -4.25. The van der Waals surface area contributed by atoms with Crippen molar-refractivity contribution in [2.45, 2.75) is 4.90 Å². The minimum absolute atomic E-state index is 0.0305. The predicted molar refractivity (Wildman–Crippen MR) is 112 cm³/mol. The number of carboxylic acids is 1. The van der Waals surface area contributed by atoms with E-state index in [0.717, 1.165) is 11.8 Å². The van der Waals surface area contributed by atoms with Gasteiger partial charge in [-0.3, -0.25) is 9.59 Å². The lowest BCUT2D eigenvalue weighted by atomic mass is 9.94. The Kier molecular flexibility index (Phi) is 6.28. The molecule has 2 aromatic carbocycles. The van der Waals surface area contributed by atoms with E-state index in [-0.39, 0.29) is 38.4 Å². The summed E-state index contributed by atoms with van der Waals surface area (Å²) in [5.74, 6) is -1.43. The van der Waals surface area contributed by atoms with E-state index in [0.29, 0.717) is 11.3 Å². The van der Waals surface area contributed by atoms with Crippen LogP contribution in [-0.4, -0.2) is 51.0 Å². The van der Waals surface area contributed by atoms with E-state index in [1.54, 1.807) is 30.3 Å². The molecule has 0 atom stereocenters. The number of fused-ring (bicyclic) bond motifs is 1. The number of ketones is 1. The van der Waals surface area contributed by atoms with Crippen LogP contribution in [0.1, 0.15) is 15.9 Å². The van der Waals surface area contributed by atoms with Crippen LogP contribution in [0.25, 0.3) is 0 Å². The van der Waals surface area contributed by atoms with Crippen molar-refractivity contribution in [3.05, 3.63) is 64.6 Å².